The Hall–Kier alpha value is -3.85. The molecule has 0 atom stereocenters. The van der Waals surface area contributed by atoms with Crippen LogP contribution in [0, 0.1) is 6.92 Å². The van der Waals surface area contributed by atoms with Gasteiger partial charge in [0.05, 0.1) is 24.8 Å². The van der Waals surface area contributed by atoms with Crippen molar-refractivity contribution in [2.24, 2.45) is 0 Å². The Morgan fingerprint density at radius 2 is 1.71 bits per heavy atom. The predicted octanol–water partition coefficient (Wildman–Crippen LogP) is 4.59. The van der Waals surface area contributed by atoms with Gasteiger partial charge in [0.15, 0.2) is 11.5 Å². The van der Waals surface area contributed by atoms with Gasteiger partial charge in [0.1, 0.15) is 5.00 Å². The maximum Gasteiger partial charge on any atom is 0.341 e. The number of hydrogen-bond donors (Lipinski definition) is 1. The molecule has 4 rings (SSSR count). The van der Waals surface area contributed by atoms with E-state index in [-0.39, 0.29) is 13.4 Å². The molecule has 2 heterocycles. The molecule has 34 heavy (non-hydrogen) atoms. The van der Waals surface area contributed by atoms with Crippen molar-refractivity contribution in [3.05, 3.63) is 75.2 Å². The molecule has 0 radical (unpaired) electrons. The minimum Gasteiger partial charge on any atom is -0.465 e. The number of ether oxygens (including phenoxy) is 4. The summed E-state index contributed by atoms with van der Waals surface area (Å²) in [5.74, 6) is -0.00717. The molecule has 1 N–H and O–H groups in total. The Morgan fingerprint density at radius 3 is 2.41 bits per heavy atom. The highest BCUT2D eigenvalue weighted by molar-refractivity contribution is 7.17. The largest absolute Gasteiger partial charge is 0.465 e. The number of methoxy groups -OCH3 is 1. The van der Waals surface area contributed by atoms with Crippen molar-refractivity contribution in [2.45, 2.75) is 20.3 Å². The average molecular weight is 482 g/mol. The van der Waals surface area contributed by atoms with E-state index in [0.717, 1.165) is 16.0 Å². The fraction of sp³-hybridized carbons (Fsp3) is 0.240. The Balaban J connectivity index is 1.61. The van der Waals surface area contributed by atoms with Gasteiger partial charge in [-0.05, 0) is 61.4 Å². The zero-order valence-electron chi connectivity index (χ0n) is 18.9. The van der Waals surface area contributed by atoms with Gasteiger partial charge in [-0.3, -0.25) is 4.79 Å². The van der Waals surface area contributed by atoms with Crippen molar-refractivity contribution >= 4 is 34.2 Å². The quantitative estimate of drug-likeness (QED) is 0.493. The van der Waals surface area contributed by atoms with E-state index in [1.165, 1.54) is 42.7 Å². The van der Waals surface area contributed by atoms with Crippen LogP contribution in [0.5, 0.6) is 11.5 Å². The van der Waals surface area contributed by atoms with Crippen molar-refractivity contribution in [1.82, 2.24) is 0 Å². The molecule has 2 aromatic carbocycles. The normalized spacial score (nSPS) is 11.7. The van der Waals surface area contributed by atoms with Gasteiger partial charge >= 0.3 is 11.9 Å². The molecule has 0 bridgehead atoms. The van der Waals surface area contributed by atoms with Gasteiger partial charge in [-0.25, -0.2) is 9.59 Å². The molecular weight excluding hydrogens is 458 g/mol. The second-order valence-electron chi connectivity index (χ2n) is 7.46. The topological polar surface area (TPSA) is 100 Å². The van der Waals surface area contributed by atoms with Crippen LogP contribution in [0.1, 0.15) is 54.0 Å². The molecule has 0 unspecified atom stereocenters. The first-order valence-corrected chi connectivity index (χ1v) is 11.4. The van der Waals surface area contributed by atoms with Crippen molar-refractivity contribution in [3.8, 4) is 11.5 Å². The van der Waals surface area contributed by atoms with E-state index >= 15 is 0 Å². The minimum atomic E-state index is -0.496. The zero-order chi connectivity index (χ0) is 24.2. The molecule has 0 spiro atoms. The zero-order valence-corrected chi connectivity index (χ0v) is 19.7. The predicted molar refractivity (Wildman–Crippen MR) is 126 cm³/mol. The fourth-order valence-electron chi connectivity index (χ4n) is 3.55. The van der Waals surface area contributed by atoms with Crippen molar-refractivity contribution in [2.75, 3.05) is 25.8 Å². The number of amides is 1. The number of esters is 2. The lowest BCUT2D eigenvalue weighted by Gasteiger charge is -2.08. The number of fused-ring (bicyclic) bond motifs is 1. The Morgan fingerprint density at radius 1 is 1.00 bits per heavy atom. The standard InChI is InChI=1S/C25H23NO7S/c1-4-31-25(29)21-14(2)20(12-15-5-10-18-19(11-15)33-13-32-18)34-23(21)26-22(27)16-6-8-17(9-7-16)24(28)30-3/h5-11H,4,12-13H2,1-3H3,(H,26,27). The maximum absolute atomic E-state index is 12.9. The summed E-state index contributed by atoms with van der Waals surface area (Å²) in [7, 11) is 1.29. The van der Waals surface area contributed by atoms with Gasteiger partial charge in [0, 0.05) is 16.9 Å². The van der Waals surface area contributed by atoms with E-state index in [9.17, 15) is 14.4 Å². The van der Waals surface area contributed by atoms with Crippen LogP contribution in [-0.2, 0) is 15.9 Å². The smallest absolute Gasteiger partial charge is 0.341 e. The number of anilines is 1. The van der Waals surface area contributed by atoms with Crippen LogP contribution in [-0.4, -0.2) is 38.4 Å². The number of thiophene rings is 1. The molecule has 0 saturated heterocycles. The lowest BCUT2D eigenvalue weighted by molar-refractivity contribution is 0.0526. The lowest BCUT2D eigenvalue weighted by Crippen LogP contribution is -2.15. The summed E-state index contributed by atoms with van der Waals surface area (Å²) in [6, 6.07) is 11.8. The van der Waals surface area contributed by atoms with Crippen LogP contribution in [0.15, 0.2) is 42.5 Å². The Kier molecular flexibility index (Phi) is 6.83. The molecule has 3 aromatic rings. The molecule has 1 amide bonds. The molecule has 9 heteroatoms. The third-order valence-electron chi connectivity index (χ3n) is 5.32. The number of carbonyl (C=O) groups excluding carboxylic acids is 3. The molecule has 0 saturated carbocycles. The number of hydrogen-bond acceptors (Lipinski definition) is 8. The molecule has 1 aliphatic rings. The average Bonchev–Trinajstić information content (AvgIpc) is 3.42. The number of benzene rings is 2. The molecule has 0 aliphatic carbocycles. The number of nitrogens with one attached hydrogen (secondary N) is 1. The molecular formula is C25H23NO7S. The van der Waals surface area contributed by atoms with Crippen molar-refractivity contribution < 1.29 is 33.3 Å². The summed E-state index contributed by atoms with van der Waals surface area (Å²) in [6.07, 6.45) is 0.545. The maximum atomic E-state index is 12.9. The highest BCUT2D eigenvalue weighted by Crippen LogP contribution is 2.38. The molecule has 176 valence electrons. The van der Waals surface area contributed by atoms with E-state index in [1.54, 1.807) is 6.92 Å². The summed E-state index contributed by atoms with van der Waals surface area (Å²) >= 11 is 1.32. The third-order valence-corrected chi connectivity index (χ3v) is 6.53. The highest BCUT2D eigenvalue weighted by atomic mass is 32.1. The summed E-state index contributed by atoms with van der Waals surface area (Å²) in [5.41, 5.74) is 2.75. The van der Waals surface area contributed by atoms with E-state index in [1.807, 2.05) is 25.1 Å². The van der Waals surface area contributed by atoms with Gasteiger partial charge < -0.3 is 24.3 Å². The van der Waals surface area contributed by atoms with E-state index in [4.69, 9.17) is 14.2 Å². The van der Waals surface area contributed by atoms with Gasteiger partial charge in [-0.2, -0.15) is 0 Å². The molecule has 8 nitrogen and oxygen atoms in total. The second-order valence-corrected chi connectivity index (χ2v) is 8.57. The highest BCUT2D eigenvalue weighted by Gasteiger charge is 2.25. The Bertz CT molecular complexity index is 1250. The fourth-order valence-corrected chi connectivity index (χ4v) is 4.78. The van der Waals surface area contributed by atoms with Crippen LogP contribution in [0.2, 0.25) is 0 Å². The van der Waals surface area contributed by atoms with Crippen LogP contribution >= 0.6 is 11.3 Å². The first kappa shape index (κ1) is 23.3. The van der Waals surface area contributed by atoms with Crippen molar-refractivity contribution in [3.63, 3.8) is 0 Å². The minimum absolute atomic E-state index is 0.195. The van der Waals surface area contributed by atoms with E-state index in [0.29, 0.717) is 39.6 Å². The first-order chi connectivity index (χ1) is 16.4. The second kappa shape index (κ2) is 9.96. The summed E-state index contributed by atoms with van der Waals surface area (Å²) in [6.45, 7) is 3.98. The van der Waals surface area contributed by atoms with Crippen molar-refractivity contribution in [1.29, 1.82) is 0 Å². The monoisotopic (exact) mass is 481 g/mol. The molecule has 0 fully saturated rings. The third kappa shape index (κ3) is 4.74. The van der Waals surface area contributed by atoms with Crippen LogP contribution in [0.3, 0.4) is 0 Å². The summed E-state index contributed by atoms with van der Waals surface area (Å²) in [5, 5.41) is 3.25. The lowest BCUT2D eigenvalue weighted by atomic mass is 10.1. The van der Waals surface area contributed by atoms with Crippen LogP contribution in [0.4, 0.5) is 5.00 Å². The van der Waals surface area contributed by atoms with E-state index in [2.05, 4.69) is 10.1 Å². The summed E-state index contributed by atoms with van der Waals surface area (Å²) < 4.78 is 20.8. The van der Waals surface area contributed by atoms with E-state index < -0.39 is 17.8 Å². The number of carbonyl (C=O) groups is 3. The number of rotatable bonds is 7. The summed E-state index contributed by atoms with van der Waals surface area (Å²) in [4.78, 5) is 38.2. The van der Waals surface area contributed by atoms with Gasteiger partial charge in [0.25, 0.3) is 5.91 Å². The van der Waals surface area contributed by atoms with Gasteiger partial charge in [-0.1, -0.05) is 6.07 Å². The SMILES string of the molecule is CCOC(=O)c1c(NC(=O)c2ccc(C(=O)OC)cc2)sc(Cc2ccc3c(c2)OCO3)c1C. The Labute approximate surface area is 200 Å². The molecule has 1 aliphatic heterocycles. The first-order valence-electron chi connectivity index (χ1n) is 10.6. The van der Waals surface area contributed by atoms with Gasteiger partial charge in [-0.15, -0.1) is 11.3 Å². The van der Waals surface area contributed by atoms with Crippen LogP contribution < -0.4 is 14.8 Å². The van der Waals surface area contributed by atoms with Crippen LogP contribution in [0.25, 0.3) is 0 Å². The molecule has 1 aromatic heterocycles. The van der Waals surface area contributed by atoms with Gasteiger partial charge in [0.2, 0.25) is 6.79 Å².